The summed E-state index contributed by atoms with van der Waals surface area (Å²) in [6.45, 7) is 15.7. The first kappa shape index (κ1) is 17.5. The lowest BCUT2D eigenvalue weighted by Gasteiger charge is -2.23. The Labute approximate surface area is 128 Å². The molecular formula is C15H29ClN4. The summed E-state index contributed by atoms with van der Waals surface area (Å²) in [4.78, 5) is 2.42. The van der Waals surface area contributed by atoms with Gasteiger partial charge in [0.05, 0.1) is 16.4 Å². The molecule has 1 heterocycles. The Balaban J connectivity index is 2.62. The quantitative estimate of drug-likeness (QED) is 0.761. The van der Waals surface area contributed by atoms with E-state index >= 15 is 0 Å². The van der Waals surface area contributed by atoms with E-state index in [4.69, 9.17) is 11.6 Å². The summed E-state index contributed by atoms with van der Waals surface area (Å²) in [6.07, 6.45) is 0.883. The van der Waals surface area contributed by atoms with E-state index in [1.165, 1.54) is 0 Å². The first-order chi connectivity index (χ1) is 9.57. The Hall–Kier alpha value is -0.580. The molecule has 0 aliphatic carbocycles. The van der Waals surface area contributed by atoms with Crippen LogP contribution in [0.4, 0.5) is 0 Å². The average Bonchev–Trinajstić information content (AvgIpc) is 2.78. The van der Waals surface area contributed by atoms with Gasteiger partial charge in [-0.05, 0) is 33.4 Å². The number of nitrogens with zero attached hydrogens (tertiary/aromatic N) is 3. The van der Waals surface area contributed by atoms with Crippen LogP contribution in [0.2, 0.25) is 5.02 Å². The molecule has 20 heavy (non-hydrogen) atoms. The molecule has 1 N–H and O–H groups in total. The molecule has 1 rings (SSSR count). The van der Waals surface area contributed by atoms with Crippen molar-refractivity contribution < 1.29 is 0 Å². The molecule has 116 valence electrons. The minimum atomic E-state index is 0.441. The molecule has 0 saturated carbocycles. The fourth-order valence-corrected chi connectivity index (χ4v) is 2.73. The maximum atomic E-state index is 6.42. The topological polar surface area (TPSA) is 33.1 Å². The molecule has 5 heteroatoms. The summed E-state index contributed by atoms with van der Waals surface area (Å²) < 4.78 is 2.01. The lowest BCUT2D eigenvalue weighted by Crippen LogP contribution is -2.39. The Morgan fingerprint density at radius 2 is 1.90 bits per heavy atom. The number of aryl methyl sites for hydroxylation is 2. The molecule has 0 amide bonds. The van der Waals surface area contributed by atoms with Gasteiger partial charge in [0.1, 0.15) is 0 Å². The van der Waals surface area contributed by atoms with E-state index in [0.29, 0.717) is 6.04 Å². The van der Waals surface area contributed by atoms with Crippen LogP contribution in [0.1, 0.15) is 46.0 Å². The minimum absolute atomic E-state index is 0.441. The van der Waals surface area contributed by atoms with Crippen molar-refractivity contribution in [3.05, 3.63) is 16.4 Å². The van der Waals surface area contributed by atoms with Crippen LogP contribution in [0.15, 0.2) is 0 Å². The number of likely N-dealkylation sites (N-methyl/N-ethyl adjacent to an activating group) is 1. The minimum Gasteiger partial charge on any atom is -0.307 e. The van der Waals surface area contributed by atoms with Crippen molar-refractivity contribution in [1.82, 2.24) is 20.0 Å². The molecule has 1 aromatic rings. The summed E-state index contributed by atoms with van der Waals surface area (Å²) in [5.74, 6) is 0. The second kappa shape index (κ2) is 8.65. The predicted octanol–water partition coefficient (Wildman–Crippen LogP) is 2.94. The van der Waals surface area contributed by atoms with E-state index in [2.05, 4.69) is 49.9 Å². The molecule has 0 aliphatic rings. The van der Waals surface area contributed by atoms with Crippen LogP contribution in [0, 0.1) is 0 Å². The third kappa shape index (κ3) is 4.47. The highest BCUT2D eigenvalue weighted by atomic mass is 35.5. The molecule has 0 aromatic carbocycles. The zero-order chi connectivity index (χ0) is 15.1. The third-order valence-electron chi connectivity index (χ3n) is 3.74. The summed E-state index contributed by atoms with van der Waals surface area (Å²) in [5, 5.41) is 8.95. The van der Waals surface area contributed by atoms with Crippen molar-refractivity contribution >= 4 is 11.6 Å². The number of nitrogens with one attached hydrogen (secondary N) is 1. The summed E-state index contributed by atoms with van der Waals surface area (Å²) in [7, 11) is 0. The standard InChI is InChI=1S/C15H29ClN4/c1-6-13-15(16)14(20(9-4)18-13)10-17-12(5)11-19(7-2)8-3/h12,17H,6-11H2,1-5H3. The van der Waals surface area contributed by atoms with Crippen molar-refractivity contribution in [1.29, 1.82) is 0 Å². The Morgan fingerprint density at radius 1 is 1.25 bits per heavy atom. The fraction of sp³-hybridized carbons (Fsp3) is 0.800. The smallest absolute Gasteiger partial charge is 0.0863 e. The maximum absolute atomic E-state index is 6.42. The van der Waals surface area contributed by atoms with Crippen LogP contribution in [0.3, 0.4) is 0 Å². The number of halogens is 1. The van der Waals surface area contributed by atoms with Crippen molar-refractivity contribution in [2.45, 2.75) is 60.2 Å². The van der Waals surface area contributed by atoms with Gasteiger partial charge >= 0.3 is 0 Å². The van der Waals surface area contributed by atoms with Crippen LogP contribution < -0.4 is 5.32 Å². The number of hydrogen-bond acceptors (Lipinski definition) is 3. The van der Waals surface area contributed by atoms with Gasteiger partial charge in [-0.25, -0.2) is 0 Å². The molecule has 0 aliphatic heterocycles. The first-order valence-electron chi connectivity index (χ1n) is 7.76. The van der Waals surface area contributed by atoms with Gasteiger partial charge in [0.2, 0.25) is 0 Å². The van der Waals surface area contributed by atoms with Gasteiger partial charge in [0, 0.05) is 25.7 Å². The van der Waals surface area contributed by atoms with Crippen LogP contribution in [-0.2, 0) is 19.5 Å². The summed E-state index contributed by atoms with van der Waals surface area (Å²) in [6, 6.07) is 0.441. The lowest BCUT2D eigenvalue weighted by molar-refractivity contribution is 0.270. The molecule has 0 radical (unpaired) electrons. The van der Waals surface area contributed by atoms with Crippen molar-refractivity contribution in [2.24, 2.45) is 0 Å². The van der Waals surface area contributed by atoms with Crippen LogP contribution >= 0.6 is 11.6 Å². The van der Waals surface area contributed by atoms with Gasteiger partial charge in [0.15, 0.2) is 0 Å². The van der Waals surface area contributed by atoms with E-state index in [0.717, 1.165) is 55.6 Å². The zero-order valence-electron chi connectivity index (χ0n) is 13.5. The van der Waals surface area contributed by atoms with E-state index in [1.54, 1.807) is 0 Å². The molecule has 1 atom stereocenters. The number of aromatic nitrogens is 2. The van der Waals surface area contributed by atoms with Gasteiger partial charge in [0.25, 0.3) is 0 Å². The average molecular weight is 301 g/mol. The normalized spacial score (nSPS) is 13.2. The second-order valence-electron chi connectivity index (χ2n) is 5.14. The number of rotatable bonds is 9. The maximum Gasteiger partial charge on any atom is 0.0863 e. The van der Waals surface area contributed by atoms with Crippen LogP contribution in [0.25, 0.3) is 0 Å². The largest absolute Gasteiger partial charge is 0.307 e. The zero-order valence-corrected chi connectivity index (χ0v) is 14.3. The van der Waals surface area contributed by atoms with Crippen molar-refractivity contribution in [2.75, 3.05) is 19.6 Å². The molecule has 0 fully saturated rings. The second-order valence-corrected chi connectivity index (χ2v) is 5.52. The molecule has 0 saturated heterocycles. The Bertz CT molecular complexity index is 399. The van der Waals surface area contributed by atoms with E-state index in [-0.39, 0.29) is 0 Å². The monoisotopic (exact) mass is 300 g/mol. The molecule has 0 bridgehead atoms. The summed E-state index contributed by atoms with van der Waals surface area (Å²) in [5.41, 5.74) is 2.11. The highest BCUT2D eigenvalue weighted by Gasteiger charge is 2.15. The van der Waals surface area contributed by atoms with Crippen LogP contribution in [0.5, 0.6) is 0 Å². The third-order valence-corrected chi connectivity index (χ3v) is 4.17. The van der Waals surface area contributed by atoms with Gasteiger partial charge in [-0.2, -0.15) is 5.10 Å². The highest BCUT2D eigenvalue weighted by Crippen LogP contribution is 2.21. The number of hydrogen-bond donors (Lipinski definition) is 1. The molecular weight excluding hydrogens is 272 g/mol. The molecule has 0 spiro atoms. The highest BCUT2D eigenvalue weighted by molar-refractivity contribution is 6.31. The predicted molar refractivity (Wildman–Crippen MR) is 86.4 cm³/mol. The van der Waals surface area contributed by atoms with E-state index in [1.807, 2.05) is 4.68 Å². The van der Waals surface area contributed by atoms with Crippen molar-refractivity contribution in [3.63, 3.8) is 0 Å². The van der Waals surface area contributed by atoms with Gasteiger partial charge in [-0.1, -0.05) is 32.4 Å². The van der Waals surface area contributed by atoms with Gasteiger partial charge in [-0.15, -0.1) is 0 Å². The van der Waals surface area contributed by atoms with E-state index in [9.17, 15) is 0 Å². The van der Waals surface area contributed by atoms with Crippen LogP contribution in [-0.4, -0.2) is 40.4 Å². The summed E-state index contributed by atoms with van der Waals surface area (Å²) >= 11 is 6.42. The Morgan fingerprint density at radius 3 is 2.40 bits per heavy atom. The Kier molecular flexibility index (Phi) is 7.56. The van der Waals surface area contributed by atoms with Gasteiger partial charge in [-0.3, -0.25) is 4.68 Å². The molecule has 1 unspecified atom stereocenters. The SMILES string of the molecule is CCc1nn(CC)c(CNC(C)CN(CC)CC)c1Cl. The van der Waals surface area contributed by atoms with E-state index < -0.39 is 0 Å². The molecule has 1 aromatic heterocycles. The molecule has 4 nitrogen and oxygen atoms in total. The first-order valence-corrected chi connectivity index (χ1v) is 8.14. The lowest BCUT2D eigenvalue weighted by atomic mass is 10.2. The fourth-order valence-electron chi connectivity index (χ4n) is 2.39. The van der Waals surface area contributed by atoms with Crippen molar-refractivity contribution in [3.8, 4) is 0 Å². The van der Waals surface area contributed by atoms with Gasteiger partial charge < -0.3 is 10.2 Å².